The second-order valence-electron chi connectivity index (χ2n) is 7.05. The molecule has 0 unspecified atom stereocenters. The van der Waals surface area contributed by atoms with E-state index < -0.39 is 17.6 Å². The third kappa shape index (κ3) is 3.49. The van der Waals surface area contributed by atoms with Crippen LogP contribution in [0.3, 0.4) is 0 Å². The van der Waals surface area contributed by atoms with Gasteiger partial charge in [-0.15, -0.1) is 0 Å². The molecular formula is C21H20FN7O3. The fraction of sp³-hybridized carbons (Fsp3) is 0.143. The topological polar surface area (TPSA) is 154 Å². The highest BCUT2D eigenvalue weighted by molar-refractivity contribution is 6.07. The zero-order chi connectivity index (χ0) is 23.0. The maximum absolute atomic E-state index is 13.6. The SMILES string of the molecule is COc1ccc(F)cc1C(=O)NCc1ccc(-c2nn(C)c(N)c2C(N)=O)c2cn[nH]c12. The number of carbonyl (C=O) groups excluding carboxylic acids is 2. The number of aromatic amines is 1. The van der Waals surface area contributed by atoms with E-state index in [0.717, 1.165) is 11.6 Å². The van der Waals surface area contributed by atoms with Gasteiger partial charge in [-0.25, -0.2) is 4.39 Å². The first-order valence-electron chi connectivity index (χ1n) is 9.51. The van der Waals surface area contributed by atoms with Crippen molar-refractivity contribution >= 4 is 28.5 Å². The van der Waals surface area contributed by atoms with Gasteiger partial charge in [0, 0.05) is 24.5 Å². The Labute approximate surface area is 181 Å². The number of methoxy groups -OCH3 is 1. The number of fused-ring (bicyclic) bond motifs is 1. The second kappa shape index (κ2) is 8.02. The molecule has 0 saturated carbocycles. The van der Waals surface area contributed by atoms with Gasteiger partial charge in [0.15, 0.2) is 0 Å². The van der Waals surface area contributed by atoms with E-state index in [1.165, 1.54) is 23.9 Å². The van der Waals surface area contributed by atoms with Gasteiger partial charge in [0.1, 0.15) is 28.6 Å². The quantitative estimate of drug-likeness (QED) is 0.360. The van der Waals surface area contributed by atoms with Crippen LogP contribution in [-0.4, -0.2) is 38.9 Å². The summed E-state index contributed by atoms with van der Waals surface area (Å²) in [5, 5.41) is 14.7. The standard InChI is InChI=1S/C21H20FN7O3/c1-29-19(23)16(20(24)30)18(28-29)12-5-3-10(17-14(12)9-26-27-17)8-25-21(31)13-7-11(22)4-6-15(13)32-2/h3-7,9H,8,23H2,1-2H3,(H2,24,30)(H,25,31)(H,26,27). The minimum absolute atomic E-state index is 0.0834. The summed E-state index contributed by atoms with van der Waals surface area (Å²) in [6.07, 6.45) is 1.58. The van der Waals surface area contributed by atoms with Crippen molar-refractivity contribution in [3.05, 3.63) is 59.0 Å². The normalized spacial score (nSPS) is 11.0. The first-order valence-corrected chi connectivity index (χ1v) is 9.51. The molecule has 6 N–H and O–H groups in total. The summed E-state index contributed by atoms with van der Waals surface area (Å²) in [6.45, 7) is 0.129. The molecule has 0 saturated heterocycles. The molecule has 32 heavy (non-hydrogen) atoms. The van der Waals surface area contributed by atoms with Gasteiger partial charge in [0.25, 0.3) is 11.8 Å². The third-order valence-electron chi connectivity index (χ3n) is 5.14. The van der Waals surface area contributed by atoms with Gasteiger partial charge in [-0.1, -0.05) is 12.1 Å². The van der Waals surface area contributed by atoms with Crippen LogP contribution >= 0.6 is 0 Å². The molecule has 2 aromatic heterocycles. The Morgan fingerprint density at radius 2 is 2.06 bits per heavy atom. The molecule has 4 aromatic rings. The van der Waals surface area contributed by atoms with Crippen molar-refractivity contribution in [3.8, 4) is 17.0 Å². The number of amides is 2. The van der Waals surface area contributed by atoms with Gasteiger partial charge in [0.2, 0.25) is 0 Å². The molecular weight excluding hydrogens is 417 g/mol. The van der Waals surface area contributed by atoms with Crippen LogP contribution in [0, 0.1) is 5.82 Å². The fourth-order valence-corrected chi connectivity index (χ4v) is 3.54. The number of nitrogens with one attached hydrogen (secondary N) is 2. The molecule has 0 aliphatic carbocycles. The average Bonchev–Trinajstić information content (AvgIpc) is 3.37. The van der Waals surface area contributed by atoms with E-state index in [1.807, 2.05) is 0 Å². The number of H-pyrrole nitrogens is 1. The number of primary amides is 1. The lowest BCUT2D eigenvalue weighted by molar-refractivity contribution is 0.0946. The number of anilines is 1. The van der Waals surface area contributed by atoms with Crippen LogP contribution in [-0.2, 0) is 13.6 Å². The lowest BCUT2D eigenvalue weighted by atomic mass is 10.0. The molecule has 164 valence electrons. The third-order valence-corrected chi connectivity index (χ3v) is 5.14. The highest BCUT2D eigenvalue weighted by atomic mass is 19.1. The molecule has 2 heterocycles. The first kappa shape index (κ1) is 20.8. The van der Waals surface area contributed by atoms with Crippen LogP contribution in [0.25, 0.3) is 22.2 Å². The summed E-state index contributed by atoms with van der Waals surface area (Å²) in [4.78, 5) is 24.6. The number of nitrogens with zero attached hydrogens (tertiary/aromatic N) is 3. The zero-order valence-corrected chi connectivity index (χ0v) is 17.3. The van der Waals surface area contributed by atoms with E-state index in [0.29, 0.717) is 22.2 Å². The van der Waals surface area contributed by atoms with Gasteiger partial charge in [-0.2, -0.15) is 10.2 Å². The monoisotopic (exact) mass is 437 g/mol. The molecule has 0 fully saturated rings. The van der Waals surface area contributed by atoms with Gasteiger partial charge >= 0.3 is 0 Å². The molecule has 0 atom stereocenters. The van der Waals surface area contributed by atoms with Crippen molar-refractivity contribution < 1.29 is 18.7 Å². The number of hydrogen-bond acceptors (Lipinski definition) is 6. The molecule has 0 aliphatic heterocycles. The number of rotatable bonds is 6. The smallest absolute Gasteiger partial charge is 0.255 e. The lowest BCUT2D eigenvalue weighted by Crippen LogP contribution is -2.23. The highest BCUT2D eigenvalue weighted by Gasteiger charge is 2.23. The average molecular weight is 437 g/mol. The van der Waals surface area contributed by atoms with Crippen LogP contribution in [0.4, 0.5) is 10.2 Å². The molecule has 10 nitrogen and oxygen atoms in total. The Morgan fingerprint density at radius 1 is 1.28 bits per heavy atom. The molecule has 0 bridgehead atoms. The number of halogens is 1. The number of nitrogens with two attached hydrogens (primary N) is 2. The summed E-state index contributed by atoms with van der Waals surface area (Å²) >= 11 is 0. The summed E-state index contributed by atoms with van der Waals surface area (Å²) in [6, 6.07) is 7.22. The van der Waals surface area contributed by atoms with Crippen LogP contribution in [0.2, 0.25) is 0 Å². The van der Waals surface area contributed by atoms with Gasteiger partial charge in [0.05, 0.1) is 24.4 Å². The van der Waals surface area contributed by atoms with Crippen molar-refractivity contribution in [1.82, 2.24) is 25.3 Å². The Balaban J connectivity index is 1.67. The molecule has 0 spiro atoms. The van der Waals surface area contributed by atoms with E-state index in [1.54, 1.807) is 25.4 Å². The Kier molecular flexibility index (Phi) is 5.23. The minimum atomic E-state index is -0.692. The van der Waals surface area contributed by atoms with Gasteiger partial charge < -0.3 is 21.5 Å². The predicted molar refractivity (Wildman–Crippen MR) is 115 cm³/mol. The zero-order valence-electron chi connectivity index (χ0n) is 17.3. The van der Waals surface area contributed by atoms with Gasteiger partial charge in [-0.3, -0.25) is 19.4 Å². The number of benzene rings is 2. The molecule has 11 heteroatoms. The fourth-order valence-electron chi connectivity index (χ4n) is 3.54. The van der Waals surface area contributed by atoms with Crippen LogP contribution in [0.15, 0.2) is 36.5 Å². The number of nitrogen functional groups attached to an aromatic ring is 1. The number of hydrogen-bond donors (Lipinski definition) is 4. The van der Waals surface area contributed by atoms with Gasteiger partial charge in [-0.05, 0) is 23.8 Å². The minimum Gasteiger partial charge on any atom is -0.496 e. The molecule has 2 amide bonds. The summed E-state index contributed by atoms with van der Waals surface area (Å²) in [5.41, 5.74) is 14.0. The van der Waals surface area contributed by atoms with Crippen LogP contribution < -0.4 is 21.5 Å². The molecule has 4 rings (SSSR count). The van der Waals surface area contributed by atoms with E-state index in [-0.39, 0.29) is 29.2 Å². The summed E-state index contributed by atoms with van der Waals surface area (Å²) in [7, 11) is 3.02. The van der Waals surface area contributed by atoms with E-state index in [2.05, 4.69) is 20.6 Å². The maximum atomic E-state index is 13.6. The molecule has 0 aliphatic rings. The molecule has 0 radical (unpaired) electrons. The van der Waals surface area contributed by atoms with E-state index in [9.17, 15) is 14.0 Å². The number of aromatic nitrogens is 4. The van der Waals surface area contributed by atoms with Crippen molar-refractivity contribution in [1.29, 1.82) is 0 Å². The van der Waals surface area contributed by atoms with Crippen molar-refractivity contribution in [2.75, 3.05) is 12.8 Å². The van der Waals surface area contributed by atoms with Crippen LogP contribution in [0.1, 0.15) is 26.3 Å². The number of aryl methyl sites for hydroxylation is 1. The largest absolute Gasteiger partial charge is 0.496 e. The predicted octanol–water partition coefficient (Wildman–Crippen LogP) is 1.72. The van der Waals surface area contributed by atoms with Crippen LogP contribution in [0.5, 0.6) is 5.75 Å². The van der Waals surface area contributed by atoms with Crippen molar-refractivity contribution in [3.63, 3.8) is 0 Å². The van der Waals surface area contributed by atoms with Crippen molar-refractivity contribution in [2.45, 2.75) is 6.54 Å². The highest BCUT2D eigenvalue weighted by Crippen LogP contribution is 2.33. The second-order valence-corrected chi connectivity index (χ2v) is 7.05. The number of ether oxygens (including phenoxy) is 1. The number of carbonyl (C=O) groups is 2. The Bertz CT molecular complexity index is 1360. The summed E-state index contributed by atoms with van der Waals surface area (Å²) < 4.78 is 20.1. The lowest BCUT2D eigenvalue weighted by Gasteiger charge is -2.11. The molecule has 2 aromatic carbocycles. The Hall–Kier alpha value is -4.41. The first-order chi connectivity index (χ1) is 15.3. The van der Waals surface area contributed by atoms with Crippen molar-refractivity contribution in [2.24, 2.45) is 12.8 Å². The van der Waals surface area contributed by atoms with E-state index >= 15 is 0 Å². The van der Waals surface area contributed by atoms with E-state index in [4.69, 9.17) is 16.2 Å². The Morgan fingerprint density at radius 3 is 2.78 bits per heavy atom. The maximum Gasteiger partial charge on any atom is 0.255 e. The summed E-state index contributed by atoms with van der Waals surface area (Å²) in [5.74, 6) is -1.31.